The lowest BCUT2D eigenvalue weighted by Gasteiger charge is -2.41. The fourth-order valence-corrected chi connectivity index (χ4v) is 5.40. The molecule has 0 bridgehead atoms. The van der Waals surface area contributed by atoms with E-state index in [4.69, 9.17) is 4.98 Å². The number of nitrogens with one attached hydrogen (secondary N) is 1. The zero-order valence-electron chi connectivity index (χ0n) is 19.2. The van der Waals surface area contributed by atoms with Gasteiger partial charge in [0.2, 0.25) is 5.91 Å². The number of imidazole rings is 1. The van der Waals surface area contributed by atoms with E-state index in [2.05, 4.69) is 61.9 Å². The molecule has 33 heavy (non-hydrogen) atoms. The van der Waals surface area contributed by atoms with Gasteiger partial charge in [0.25, 0.3) is 0 Å². The number of hydrogen-bond acceptors (Lipinski definition) is 4. The monoisotopic (exact) mass is 454 g/mol. The Bertz CT molecular complexity index is 1370. The second-order valence-electron chi connectivity index (χ2n) is 8.98. The van der Waals surface area contributed by atoms with Gasteiger partial charge in [-0.3, -0.25) is 4.79 Å². The van der Waals surface area contributed by atoms with Crippen LogP contribution in [0.3, 0.4) is 0 Å². The maximum absolute atomic E-state index is 13.6. The third kappa shape index (κ3) is 3.95. The molecule has 166 valence electrons. The normalized spacial score (nSPS) is 14.8. The molecule has 0 saturated heterocycles. The van der Waals surface area contributed by atoms with E-state index >= 15 is 0 Å². The van der Waals surface area contributed by atoms with Crippen LogP contribution in [-0.4, -0.2) is 32.2 Å². The summed E-state index contributed by atoms with van der Waals surface area (Å²) in [6.45, 7) is 8.35. The van der Waals surface area contributed by atoms with Crippen LogP contribution in [0.2, 0.25) is 0 Å². The van der Waals surface area contributed by atoms with E-state index in [0.29, 0.717) is 0 Å². The molecule has 3 heterocycles. The van der Waals surface area contributed by atoms with Gasteiger partial charge in [-0.25, -0.2) is 9.97 Å². The summed E-state index contributed by atoms with van der Waals surface area (Å²) in [5.41, 5.74) is 6.80. The van der Waals surface area contributed by atoms with Crippen LogP contribution in [0.15, 0.2) is 71.9 Å². The molecule has 1 N–H and O–H groups in total. The van der Waals surface area contributed by atoms with Crippen LogP contribution >= 0.6 is 11.8 Å². The maximum atomic E-state index is 13.6. The number of H-pyrrole nitrogens is 1. The highest BCUT2D eigenvalue weighted by molar-refractivity contribution is 8.00. The van der Waals surface area contributed by atoms with Gasteiger partial charge >= 0.3 is 0 Å². The summed E-state index contributed by atoms with van der Waals surface area (Å²) in [6.07, 6.45) is 3.93. The Hall–Kier alpha value is -3.38. The number of allylic oxidation sites excluding steroid dienone is 1. The van der Waals surface area contributed by atoms with Crippen LogP contribution < -0.4 is 4.90 Å². The number of aromatic amines is 1. The Morgan fingerprint density at radius 2 is 1.88 bits per heavy atom. The summed E-state index contributed by atoms with van der Waals surface area (Å²) >= 11 is 1.45. The first-order chi connectivity index (χ1) is 15.8. The molecule has 4 aromatic rings. The van der Waals surface area contributed by atoms with Crippen molar-refractivity contribution >= 4 is 40.0 Å². The van der Waals surface area contributed by atoms with Crippen LogP contribution in [0, 0.1) is 6.92 Å². The van der Waals surface area contributed by atoms with Gasteiger partial charge in [0, 0.05) is 17.3 Å². The molecule has 1 aliphatic heterocycles. The van der Waals surface area contributed by atoms with Gasteiger partial charge in [-0.05, 0) is 69.2 Å². The minimum atomic E-state index is -0.409. The Labute approximate surface area is 198 Å². The van der Waals surface area contributed by atoms with Gasteiger partial charge in [-0.15, -0.1) is 0 Å². The molecular weight excluding hydrogens is 428 g/mol. The molecule has 0 saturated carbocycles. The summed E-state index contributed by atoms with van der Waals surface area (Å²) in [4.78, 5) is 28.2. The fraction of sp³-hybridized carbons (Fsp3) is 0.222. The van der Waals surface area contributed by atoms with E-state index in [1.54, 1.807) is 6.20 Å². The van der Waals surface area contributed by atoms with Crippen LogP contribution in [-0.2, 0) is 4.79 Å². The zero-order valence-corrected chi connectivity index (χ0v) is 20.0. The number of fused-ring (bicyclic) bond motifs is 2. The molecule has 0 atom stereocenters. The molecule has 0 aliphatic carbocycles. The SMILES string of the molecule is CC1=CC(C)(C)N(C(=O)CSc2ncccc2-c2nc3ccccc3[nH]2)c2cc(C)ccc21. The molecule has 0 spiro atoms. The lowest BCUT2D eigenvalue weighted by atomic mass is 9.88. The highest BCUT2D eigenvalue weighted by Crippen LogP contribution is 2.40. The predicted molar refractivity (Wildman–Crippen MR) is 136 cm³/mol. The van der Waals surface area contributed by atoms with Crippen molar-refractivity contribution < 1.29 is 4.79 Å². The Balaban J connectivity index is 1.44. The minimum absolute atomic E-state index is 0.0572. The van der Waals surface area contributed by atoms with Crippen molar-refractivity contribution in [1.29, 1.82) is 0 Å². The Morgan fingerprint density at radius 1 is 1.06 bits per heavy atom. The number of thioether (sulfide) groups is 1. The van der Waals surface area contributed by atoms with E-state index in [0.717, 1.165) is 44.3 Å². The third-order valence-electron chi connectivity index (χ3n) is 5.96. The number of amides is 1. The molecule has 0 fully saturated rings. The van der Waals surface area contributed by atoms with Crippen molar-refractivity contribution in [3.05, 3.63) is 78.0 Å². The van der Waals surface area contributed by atoms with Crippen molar-refractivity contribution in [2.45, 2.75) is 38.3 Å². The van der Waals surface area contributed by atoms with Gasteiger partial charge in [0.05, 0.1) is 28.0 Å². The van der Waals surface area contributed by atoms with E-state index in [9.17, 15) is 4.79 Å². The van der Waals surface area contributed by atoms with Crippen LogP contribution in [0.1, 0.15) is 31.9 Å². The maximum Gasteiger partial charge on any atom is 0.238 e. The number of pyridine rings is 1. The number of para-hydroxylation sites is 2. The lowest BCUT2D eigenvalue weighted by Crippen LogP contribution is -2.49. The number of aromatic nitrogens is 3. The average Bonchev–Trinajstić information content (AvgIpc) is 3.21. The standard InChI is InChI=1S/C27H26N4OS/c1-17-11-12-19-18(2)15-27(3,4)31(23(19)14-17)24(32)16-33-26-20(8-7-13-28-26)25-29-21-9-5-6-10-22(21)30-25/h5-15H,16H2,1-4H3,(H,29,30). The number of nitrogens with zero attached hydrogens (tertiary/aromatic N) is 3. The summed E-state index contributed by atoms with van der Waals surface area (Å²) in [5.74, 6) is 1.10. The summed E-state index contributed by atoms with van der Waals surface area (Å²) in [7, 11) is 0. The third-order valence-corrected chi connectivity index (χ3v) is 6.95. The van der Waals surface area contributed by atoms with E-state index in [1.807, 2.05) is 41.3 Å². The first-order valence-electron chi connectivity index (χ1n) is 11.0. The van der Waals surface area contributed by atoms with Gasteiger partial charge in [-0.2, -0.15) is 0 Å². The van der Waals surface area contributed by atoms with Crippen molar-refractivity contribution in [2.75, 3.05) is 10.7 Å². The van der Waals surface area contributed by atoms with E-state index in [1.165, 1.54) is 17.3 Å². The van der Waals surface area contributed by atoms with Crippen LogP contribution in [0.4, 0.5) is 5.69 Å². The summed E-state index contributed by atoms with van der Waals surface area (Å²) < 4.78 is 0. The molecule has 2 aromatic carbocycles. The number of carbonyl (C=O) groups is 1. The van der Waals surface area contributed by atoms with Crippen LogP contribution in [0.25, 0.3) is 28.0 Å². The number of rotatable bonds is 4. The second-order valence-corrected chi connectivity index (χ2v) is 9.94. The number of anilines is 1. The smallest absolute Gasteiger partial charge is 0.238 e. The Morgan fingerprint density at radius 3 is 2.70 bits per heavy atom. The van der Waals surface area contributed by atoms with Gasteiger partial charge < -0.3 is 9.88 Å². The first kappa shape index (κ1) is 21.5. The number of benzene rings is 2. The topological polar surface area (TPSA) is 61.9 Å². The molecule has 0 radical (unpaired) electrons. The quantitative estimate of drug-likeness (QED) is 0.370. The summed E-state index contributed by atoms with van der Waals surface area (Å²) in [5, 5.41) is 0.788. The van der Waals surface area contributed by atoms with E-state index < -0.39 is 5.54 Å². The lowest BCUT2D eigenvalue weighted by molar-refractivity contribution is -0.116. The van der Waals surface area contributed by atoms with Crippen molar-refractivity contribution in [2.24, 2.45) is 0 Å². The van der Waals surface area contributed by atoms with Gasteiger partial charge in [0.15, 0.2) is 0 Å². The first-order valence-corrected chi connectivity index (χ1v) is 12.0. The molecule has 2 aromatic heterocycles. The Kier molecular flexibility index (Phi) is 5.33. The largest absolute Gasteiger partial charge is 0.338 e. The fourth-order valence-electron chi connectivity index (χ4n) is 4.56. The van der Waals surface area contributed by atoms with Crippen molar-refractivity contribution in [3.63, 3.8) is 0 Å². The average molecular weight is 455 g/mol. The molecule has 0 unspecified atom stereocenters. The summed E-state index contributed by atoms with van der Waals surface area (Å²) in [6, 6.07) is 18.1. The number of aryl methyl sites for hydroxylation is 1. The molecule has 6 heteroatoms. The number of hydrogen-bond donors (Lipinski definition) is 1. The van der Waals surface area contributed by atoms with Crippen LogP contribution in [0.5, 0.6) is 0 Å². The molecule has 1 amide bonds. The highest BCUT2D eigenvalue weighted by atomic mass is 32.2. The predicted octanol–water partition coefficient (Wildman–Crippen LogP) is 6.25. The van der Waals surface area contributed by atoms with Crippen molar-refractivity contribution in [3.8, 4) is 11.4 Å². The van der Waals surface area contributed by atoms with E-state index in [-0.39, 0.29) is 11.7 Å². The minimum Gasteiger partial charge on any atom is -0.338 e. The highest BCUT2D eigenvalue weighted by Gasteiger charge is 2.35. The molecule has 5 nitrogen and oxygen atoms in total. The molecular formula is C27H26N4OS. The molecule has 5 rings (SSSR count). The van der Waals surface area contributed by atoms with Gasteiger partial charge in [-0.1, -0.05) is 42.1 Å². The second kappa shape index (κ2) is 8.19. The zero-order chi connectivity index (χ0) is 23.2. The number of carbonyl (C=O) groups excluding carboxylic acids is 1. The molecule has 1 aliphatic rings. The van der Waals surface area contributed by atoms with Crippen molar-refractivity contribution in [1.82, 2.24) is 15.0 Å². The van der Waals surface area contributed by atoms with Gasteiger partial charge in [0.1, 0.15) is 10.9 Å².